The third kappa shape index (κ3) is 2.89. The molecule has 1 nitrogen and oxygen atoms in total. The van der Waals surface area contributed by atoms with Crippen LogP contribution in [0.1, 0.15) is 22.8 Å². The summed E-state index contributed by atoms with van der Waals surface area (Å²) in [5, 5.41) is 10.6. The lowest BCUT2D eigenvalue weighted by Crippen LogP contribution is -2.04. The molecule has 2 rings (SSSR count). The number of hydrogen-bond acceptors (Lipinski definition) is 1. The van der Waals surface area contributed by atoms with E-state index in [9.17, 15) is 9.50 Å². The monoisotopic (exact) mass is 264 g/mol. The quantitative estimate of drug-likeness (QED) is 0.886. The van der Waals surface area contributed by atoms with E-state index in [0.717, 1.165) is 5.56 Å². The molecule has 1 unspecified atom stereocenters. The standard InChI is InChI=1S/C15H14ClFO/c1-10-6-7-12(13(16)8-10)15(18)9-11-4-2-3-5-14(11)17/h2-8,15,18H,9H2,1H3. The van der Waals surface area contributed by atoms with Gasteiger partial charge in [-0.05, 0) is 35.7 Å². The van der Waals surface area contributed by atoms with Gasteiger partial charge in [0, 0.05) is 11.4 Å². The lowest BCUT2D eigenvalue weighted by molar-refractivity contribution is 0.177. The minimum atomic E-state index is -0.796. The molecule has 0 amide bonds. The molecule has 2 aromatic rings. The van der Waals surface area contributed by atoms with Crippen LogP contribution in [0, 0.1) is 12.7 Å². The Kier molecular flexibility index (Phi) is 4.00. The summed E-state index contributed by atoms with van der Waals surface area (Å²) in [6.07, 6.45) is -0.579. The topological polar surface area (TPSA) is 20.2 Å². The van der Waals surface area contributed by atoms with E-state index in [2.05, 4.69) is 0 Å². The first kappa shape index (κ1) is 13.1. The highest BCUT2D eigenvalue weighted by molar-refractivity contribution is 6.31. The first-order valence-corrected chi connectivity index (χ1v) is 6.13. The molecule has 3 heteroatoms. The first-order chi connectivity index (χ1) is 8.58. The highest BCUT2D eigenvalue weighted by Gasteiger charge is 2.14. The summed E-state index contributed by atoms with van der Waals surface area (Å²) in [7, 11) is 0. The molecule has 18 heavy (non-hydrogen) atoms. The average Bonchev–Trinajstić information content (AvgIpc) is 2.32. The van der Waals surface area contributed by atoms with E-state index < -0.39 is 6.10 Å². The van der Waals surface area contributed by atoms with Crippen LogP contribution in [0.5, 0.6) is 0 Å². The van der Waals surface area contributed by atoms with Crippen molar-refractivity contribution in [1.29, 1.82) is 0 Å². The van der Waals surface area contributed by atoms with Gasteiger partial charge in [0.1, 0.15) is 5.82 Å². The maximum absolute atomic E-state index is 13.5. The van der Waals surface area contributed by atoms with Crippen molar-refractivity contribution in [2.75, 3.05) is 0 Å². The molecule has 0 aliphatic carbocycles. The molecule has 0 saturated carbocycles. The summed E-state index contributed by atoms with van der Waals surface area (Å²) in [4.78, 5) is 0. The minimum absolute atomic E-state index is 0.218. The van der Waals surface area contributed by atoms with Gasteiger partial charge in [-0.25, -0.2) is 4.39 Å². The smallest absolute Gasteiger partial charge is 0.126 e. The van der Waals surface area contributed by atoms with Crippen molar-refractivity contribution in [2.45, 2.75) is 19.4 Å². The molecule has 0 saturated heterocycles. The Labute approximate surface area is 111 Å². The van der Waals surface area contributed by atoms with E-state index in [1.165, 1.54) is 6.07 Å². The van der Waals surface area contributed by atoms with Gasteiger partial charge < -0.3 is 5.11 Å². The zero-order valence-corrected chi connectivity index (χ0v) is 10.8. The summed E-state index contributed by atoms with van der Waals surface area (Å²) < 4.78 is 13.5. The van der Waals surface area contributed by atoms with Crippen LogP contribution in [0.15, 0.2) is 42.5 Å². The Morgan fingerprint density at radius 3 is 2.61 bits per heavy atom. The number of benzene rings is 2. The Bertz CT molecular complexity index is 554. The molecule has 0 spiro atoms. The summed E-state index contributed by atoms with van der Waals surface area (Å²) in [6, 6.07) is 11.9. The highest BCUT2D eigenvalue weighted by Crippen LogP contribution is 2.27. The fraction of sp³-hybridized carbons (Fsp3) is 0.200. The fourth-order valence-electron chi connectivity index (χ4n) is 1.88. The molecular formula is C15H14ClFO. The van der Waals surface area contributed by atoms with Crippen LogP contribution < -0.4 is 0 Å². The molecule has 0 aliphatic rings. The minimum Gasteiger partial charge on any atom is -0.388 e. The second-order valence-electron chi connectivity index (χ2n) is 4.34. The predicted octanol–water partition coefficient (Wildman–Crippen LogP) is 4.06. The van der Waals surface area contributed by atoms with Crippen LogP contribution in [0.3, 0.4) is 0 Å². The van der Waals surface area contributed by atoms with Crippen molar-refractivity contribution in [2.24, 2.45) is 0 Å². The molecular weight excluding hydrogens is 251 g/mol. The largest absolute Gasteiger partial charge is 0.388 e. The van der Waals surface area contributed by atoms with Crippen LogP contribution in [0.4, 0.5) is 4.39 Å². The molecule has 0 radical (unpaired) electrons. The lowest BCUT2D eigenvalue weighted by Gasteiger charge is -2.13. The number of aliphatic hydroxyl groups excluding tert-OH is 1. The van der Waals surface area contributed by atoms with Gasteiger partial charge in [-0.3, -0.25) is 0 Å². The van der Waals surface area contributed by atoms with E-state index in [4.69, 9.17) is 11.6 Å². The van der Waals surface area contributed by atoms with Gasteiger partial charge in [0.15, 0.2) is 0 Å². The predicted molar refractivity (Wildman–Crippen MR) is 71.3 cm³/mol. The normalized spacial score (nSPS) is 12.4. The number of aryl methyl sites for hydroxylation is 1. The van der Waals surface area contributed by atoms with E-state index in [1.54, 1.807) is 30.3 Å². The van der Waals surface area contributed by atoms with Crippen molar-refractivity contribution in [1.82, 2.24) is 0 Å². The van der Waals surface area contributed by atoms with E-state index in [0.29, 0.717) is 16.1 Å². The lowest BCUT2D eigenvalue weighted by atomic mass is 10.00. The van der Waals surface area contributed by atoms with Crippen molar-refractivity contribution in [3.63, 3.8) is 0 Å². The average molecular weight is 265 g/mol. The number of hydrogen-bond donors (Lipinski definition) is 1. The van der Waals surface area contributed by atoms with Crippen LogP contribution >= 0.6 is 11.6 Å². The Hall–Kier alpha value is -1.38. The molecule has 2 aromatic carbocycles. The van der Waals surface area contributed by atoms with Crippen molar-refractivity contribution in [3.8, 4) is 0 Å². The van der Waals surface area contributed by atoms with Crippen molar-refractivity contribution in [3.05, 3.63) is 70.0 Å². The zero-order chi connectivity index (χ0) is 13.1. The second kappa shape index (κ2) is 5.51. The first-order valence-electron chi connectivity index (χ1n) is 5.75. The van der Waals surface area contributed by atoms with Crippen LogP contribution in [-0.2, 0) is 6.42 Å². The summed E-state index contributed by atoms with van der Waals surface area (Å²) in [6.45, 7) is 1.93. The van der Waals surface area contributed by atoms with Gasteiger partial charge in [-0.15, -0.1) is 0 Å². The number of rotatable bonds is 3. The zero-order valence-electron chi connectivity index (χ0n) is 10.0. The molecule has 94 valence electrons. The number of halogens is 2. The third-order valence-corrected chi connectivity index (χ3v) is 3.21. The Morgan fingerprint density at radius 2 is 1.94 bits per heavy atom. The van der Waals surface area contributed by atoms with E-state index >= 15 is 0 Å². The van der Waals surface area contributed by atoms with Gasteiger partial charge in [0.05, 0.1) is 6.10 Å². The Balaban J connectivity index is 2.22. The second-order valence-corrected chi connectivity index (χ2v) is 4.74. The Morgan fingerprint density at radius 1 is 1.22 bits per heavy atom. The summed E-state index contributed by atoms with van der Waals surface area (Å²) in [5.41, 5.74) is 2.15. The molecule has 0 bridgehead atoms. The van der Waals surface area contributed by atoms with Crippen LogP contribution in [0.2, 0.25) is 5.02 Å². The molecule has 0 fully saturated rings. The van der Waals surface area contributed by atoms with E-state index in [-0.39, 0.29) is 12.2 Å². The molecule has 1 N–H and O–H groups in total. The van der Waals surface area contributed by atoms with Gasteiger partial charge in [-0.1, -0.05) is 41.9 Å². The summed E-state index contributed by atoms with van der Waals surface area (Å²) in [5.74, 6) is -0.306. The van der Waals surface area contributed by atoms with Crippen molar-refractivity contribution >= 4 is 11.6 Å². The maximum Gasteiger partial charge on any atom is 0.126 e. The molecule has 1 atom stereocenters. The van der Waals surface area contributed by atoms with Crippen molar-refractivity contribution < 1.29 is 9.50 Å². The summed E-state index contributed by atoms with van der Waals surface area (Å²) >= 11 is 6.08. The number of aliphatic hydroxyl groups is 1. The maximum atomic E-state index is 13.5. The van der Waals surface area contributed by atoms with Gasteiger partial charge in [0.25, 0.3) is 0 Å². The van der Waals surface area contributed by atoms with Gasteiger partial charge in [0.2, 0.25) is 0 Å². The molecule has 0 aromatic heterocycles. The van der Waals surface area contributed by atoms with Gasteiger partial charge in [-0.2, -0.15) is 0 Å². The molecule has 0 aliphatic heterocycles. The van der Waals surface area contributed by atoms with Crippen LogP contribution in [-0.4, -0.2) is 5.11 Å². The van der Waals surface area contributed by atoms with E-state index in [1.807, 2.05) is 13.0 Å². The SMILES string of the molecule is Cc1ccc(C(O)Cc2ccccc2F)c(Cl)c1. The fourth-order valence-corrected chi connectivity index (χ4v) is 2.25. The van der Waals surface area contributed by atoms with Crippen LogP contribution in [0.25, 0.3) is 0 Å². The van der Waals surface area contributed by atoms with Gasteiger partial charge >= 0.3 is 0 Å². The highest BCUT2D eigenvalue weighted by atomic mass is 35.5. The molecule has 0 heterocycles. The third-order valence-electron chi connectivity index (χ3n) is 2.89.